The van der Waals surface area contributed by atoms with Crippen LogP contribution in [0.25, 0.3) is 0 Å². The van der Waals surface area contributed by atoms with E-state index in [1.807, 2.05) is 30.3 Å². The number of ether oxygens (including phenoxy) is 1. The van der Waals surface area contributed by atoms with Gasteiger partial charge in [-0.1, -0.05) is 26.0 Å². The molecule has 2 rings (SSSR count). The third-order valence-electron chi connectivity index (χ3n) is 4.65. The monoisotopic (exact) mass is 357 g/mol. The first-order chi connectivity index (χ1) is 12.4. The Kier molecular flexibility index (Phi) is 7.02. The highest BCUT2D eigenvalue weighted by Crippen LogP contribution is 2.19. The maximum absolute atomic E-state index is 12.3. The lowest BCUT2D eigenvalue weighted by molar-refractivity contribution is -0.131. The molecule has 0 aliphatic carbocycles. The van der Waals surface area contributed by atoms with Gasteiger partial charge in [0, 0.05) is 19.1 Å². The van der Waals surface area contributed by atoms with Crippen molar-refractivity contribution in [2.45, 2.75) is 58.1 Å². The van der Waals surface area contributed by atoms with Crippen molar-refractivity contribution in [3.63, 3.8) is 0 Å². The lowest BCUT2D eigenvalue weighted by Gasteiger charge is -2.32. The molecule has 0 radical (unpaired) electrons. The Hall–Kier alpha value is -2.55. The number of benzene rings is 1. The molecule has 6 nitrogen and oxygen atoms in total. The summed E-state index contributed by atoms with van der Waals surface area (Å²) in [5.74, 6) is 0.836. The molecule has 0 saturated carbocycles. The van der Waals surface area contributed by atoms with Gasteiger partial charge in [-0.2, -0.15) is 5.26 Å². The smallest absolute Gasteiger partial charge is 0.260 e. The summed E-state index contributed by atoms with van der Waals surface area (Å²) >= 11 is 0. The van der Waals surface area contributed by atoms with E-state index in [4.69, 9.17) is 10.00 Å². The molecule has 1 atom stereocenters. The zero-order chi connectivity index (χ0) is 19.1. The lowest BCUT2D eigenvalue weighted by Crippen LogP contribution is -2.49. The number of amides is 2. The van der Waals surface area contributed by atoms with Gasteiger partial charge in [-0.25, -0.2) is 0 Å². The fourth-order valence-corrected chi connectivity index (χ4v) is 2.96. The Morgan fingerprint density at radius 3 is 2.38 bits per heavy atom. The van der Waals surface area contributed by atoms with Crippen molar-refractivity contribution in [1.29, 1.82) is 5.26 Å². The lowest BCUT2D eigenvalue weighted by atomic mass is 10.0. The number of carbonyl (C=O) groups excluding carboxylic acids is 2. The summed E-state index contributed by atoms with van der Waals surface area (Å²) in [6.45, 7) is 7.13. The molecule has 1 aliphatic heterocycles. The van der Waals surface area contributed by atoms with Crippen LogP contribution in [0.15, 0.2) is 24.3 Å². The first-order valence-electron chi connectivity index (χ1n) is 9.12. The van der Waals surface area contributed by atoms with Gasteiger partial charge in [-0.3, -0.25) is 9.59 Å². The van der Waals surface area contributed by atoms with Crippen LogP contribution in [0.3, 0.4) is 0 Å². The molecular weight excluding hydrogens is 330 g/mol. The number of hydrogen-bond acceptors (Lipinski definition) is 4. The number of piperidine rings is 1. The van der Waals surface area contributed by atoms with Crippen molar-refractivity contribution in [3.8, 4) is 11.8 Å². The molecule has 1 N–H and O–H groups in total. The summed E-state index contributed by atoms with van der Waals surface area (Å²) in [6, 6.07) is 9.71. The number of nitrogens with zero attached hydrogens (tertiary/aromatic N) is 2. The van der Waals surface area contributed by atoms with E-state index in [2.05, 4.69) is 19.2 Å². The fraction of sp³-hybridized carbons (Fsp3) is 0.550. The molecule has 0 bridgehead atoms. The molecule has 140 valence electrons. The van der Waals surface area contributed by atoms with Crippen LogP contribution in [-0.4, -0.2) is 41.9 Å². The Labute approximate surface area is 155 Å². The van der Waals surface area contributed by atoms with Gasteiger partial charge in [-0.05, 0) is 43.4 Å². The van der Waals surface area contributed by atoms with Crippen molar-refractivity contribution in [1.82, 2.24) is 10.2 Å². The van der Waals surface area contributed by atoms with E-state index in [9.17, 15) is 9.59 Å². The molecule has 1 heterocycles. The van der Waals surface area contributed by atoms with E-state index in [1.165, 1.54) is 5.56 Å². The number of nitriles is 1. The molecule has 1 aliphatic rings. The maximum atomic E-state index is 12.3. The van der Waals surface area contributed by atoms with Crippen molar-refractivity contribution in [2.75, 3.05) is 13.1 Å². The van der Waals surface area contributed by atoms with Gasteiger partial charge in [0.2, 0.25) is 5.91 Å². The molecule has 1 saturated heterocycles. The minimum atomic E-state index is -0.585. The van der Waals surface area contributed by atoms with Crippen LogP contribution in [0.4, 0.5) is 0 Å². The third kappa shape index (κ3) is 5.48. The Balaban J connectivity index is 1.79. The van der Waals surface area contributed by atoms with Crippen molar-refractivity contribution in [3.05, 3.63) is 29.8 Å². The first-order valence-corrected chi connectivity index (χ1v) is 9.12. The molecule has 6 heteroatoms. The zero-order valence-electron chi connectivity index (χ0n) is 15.7. The molecule has 1 aromatic rings. The highest BCUT2D eigenvalue weighted by Gasteiger charge is 2.25. The quantitative estimate of drug-likeness (QED) is 0.848. The van der Waals surface area contributed by atoms with Crippen LogP contribution < -0.4 is 10.1 Å². The van der Waals surface area contributed by atoms with Gasteiger partial charge in [0.1, 0.15) is 12.2 Å². The Morgan fingerprint density at radius 2 is 1.85 bits per heavy atom. The largest absolute Gasteiger partial charge is 0.481 e. The van der Waals surface area contributed by atoms with Crippen LogP contribution in [0.1, 0.15) is 51.5 Å². The van der Waals surface area contributed by atoms with Gasteiger partial charge < -0.3 is 15.0 Å². The van der Waals surface area contributed by atoms with E-state index in [1.54, 1.807) is 11.8 Å². The first kappa shape index (κ1) is 19.8. The standard InChI is InChI=1S/C20H27N3O3/c1-14(2)16-4-6-18(7-5-16)26-15(3)20(25)22-17-9-12-23(13-10-17)19(24)8-11-21/h4-7,14-15,17H,8-10,12-13H2,1-3H3,(H,22,25). The summed E-state index contributed by atoms with van der Waals surface area (Å²) in [5, 5.41) is 11.6. The molecule has 1 aromatic carbocycles. The van der Waals surface area contributed by atoms with E-state index in [-0.39, 0.29) is 24.3 Å². The summed E-state index contributed by atoms with van der Waals surface area (Å²) in [6.07, 6.45) is 0.715. The van der Waals surface area contributed by atoms with Crippen LogP contribution in [0.5, 0.6) is 5.75 Å². The average molecular weight is 357 g/mol. The zero-order valence-corrected chi connectivity index (χ0v) is 15.7. The van der Waals surface area contributed by atoms with E-state index in [0.29, 0.717) is 37.6 Å². The van der Waals surface area contributed by atoms with Crippen molar-refractivity contribution in [2.24, 2.45) is 0 Å². The minimum absolute atomic E-state index is 0.0306. The van der Waals surface area contributed by atoms with Gasteiger partial charge in [-0.15, -0.1) is 0 Å². The number of nitrogens with one attached hydrogen (secondary N) is 1. The Bertz CT molecular complexity index is 656. The summed E-state index contributed by atoms with van der Waals surface area (Å²) in [4.78, 5) is 25.7. The predicted octanol–water partition coefficient (Wildman–Crippen LogP) is 2.60. The van der Waals surface area contributed by atoms with Gasteiger partial charge in [0.15, 0.2) is 6.10 Å². The molecule has 0 spiro atoms. The molecular formula is C20H27N3O3. The van der Waals surface area contributed by atoms with Gasteiger partial charge in [0.25, 0.3) is 5.91 Å². The highest BCUT2D eigenvalue weighted by molar-refractivity contribution is 5.81. The predicted molar refractivity (Wildman–Crippen MR) is 98.6 cm³/mol. The molecule has 1 fully saturated rings. The van der Waals surface area contributed by atoms with E-state index < -0.39 is 6.10 Å². The minimum Gasteiger partial charge on any atom is -0.481 e. The molecule has 2 amide bonds. The normalized spacial score (nSPS) is 16.0. The summed E-state index contributed by atoms with van der Waals surface area (Å²) in [5.41, 5.74) is 1.23. The second kappa shape index (κ2) is 9.23. The van der Waals surface area contributed by atoms with Gasteiger partial charge >= 0.3 is 0 Å². The van der Waals surface area contributed by atoms with E-state index >= 15 is 0 Å². The highest BCUT2D eigenvalue weighted by atomic mass is 16.5. The van der Waals surface area contributed by atoms with Crippen LogP contribution in [0, 0.1) is 11.3 Å². The average Bonchev–Trinajstić information content (AvgIpc) is 2.63. The van der Waals surface area contributed by atoms with Crippen molar-refractivity contribution >= 4 is 11.8 Å². The summed E-state index contributed by atoms with van der Waals surface area (Å²) < 4.78 is 5.73. The SMILES string of the molecule is CC(Oc1ccc(C(C)C)cc1)C(=O)NC1CCN(C(=O)CC#N)CC1. The molecule has 26 heavy (non-hydrogen) atoms. The molecule has 1 unspecified atom stereocenters. The van der Waals surface area contributed by atoms with Crippen LogP contribution >= 0.6 is 0 Å². The molecule has 0 aromatic heterocycles. The fourth-order valence-electron chi connectivity index (χ4n) is 2.96. The third-order valence-corrected chi connectivity index (χ3v) is 4.65. The van der Waals surface area contributed by atoms with Crippen LogP contribution in [0.2, 0.25) is 0 Å². The number of likely N-dealkylation sites (tertiary alicyclic amines) is 1. The van der Waals surface area contributed by atoms with Gasteiger partial charge in [0.05, 0.1) is 6.07 Å². The Morgan fingerprint density at radius 1 is 1.23 bits per heavy atom. The maximum Gasteiger partial charge on any atom is 0.260 e. The topological polar surface area (TPSA) is 82.4 Å². The van der Waals surface area contributed by atoms with E-state index in [0.717, 1.165) is 0 Å². The van der Waals surface area contributed by atoms with Crippen LogP contribution in [-0.2, 0) is 9.59 Å². The number of rotatable bonds is 6. The number of hydrogen-bond donors (Lipinski definition) is 1. The number of carbonyl (C=O) groups is 2. The second-order valence-corrected chi connectivity index (χ2v) is 6.98. The van der Waals surface area contributed by atoms with Crippen molar-refractivity contribution < 1.29 is 14.3 Å². The summed E-state index contributed by atoms with van der Waals surface area (Å²) in [7, 11) is 0. The second-order valence-electron chi connectivity index (χ2n) is 6.98.